The van der Waals surface area contributed by atoms with Crippen LogP contribution in [0.15, 0.2) is 12.2 Å². The van der Waals surface area contributed by atoms with Crippen molar-refractivity contribution in [3.05, 3.63) is 12.2 Å². The molecule has 1 N–H and O–H groups in total. The zero-order valence-corrected chi connectivity index (χ0v) is 10.0. The minimum absolute atomic E-state index is 0.852. The maximum absolute atomic E-state index is 5.49. The van der Waals surface area contributed by atoms with E-state index in [4.69, 9.17) is 4.74 Å². The SMILES string of the molecule is CCCCOCCNCC1CC=CCC1. The van der Waals surface area contributed by atoms with Gasteiger partial charge in [-0.25, -0.2) is 0 Å². The van der Waals surface area contributed by atoms with E-state index in [1.165, 1.54) is 32.1 Å². The summed E-state index contributed by atoms with van der Waals surface area (Å²) in [6.45, 7) is 6.14. The number of rotatable bonds is 8. The molecule has 0 aliphatic heterocycles. The molecule has 0 aromatic rings. The summed E-state index contributed by atoms with van der Waals surface area (Å²) in [6.07, 6.45) is 10.9. The van der Waals surface area contributed by atoms with E-state index in [9.17, 15) is 0 Å². The molecule has 0 fully saturated rings. The summed E-state index contributed by atoms with van der Waals surface area (Å²) < 4.78 is 5.49. The van der Waals surface area contributed by atoms with Crippen molar-refractivity contribution < 1.29 is 4.74 Å². The predicted molar refractivity (Wildman–Crippen MR) is 65.1 cm³/mol. The normalized spacial score (nSPS) is 20.7. The van der Waals surface area contributed by atoms with E-state index in [0.717, 1.165) is 32.2 Å². The molecule has 1 rings (SSSR count). The minimum Gasteiger partial charge on any atom is -0.380 e. The second-order valence-electron chi connectivity index (χ2n) is 4.32. The Balaban J connectivity index is 1.82. The molecule has 0 radical (unpaired) electrons. The smallest absolute Gasteiger partial charge is 0.0590 e. The Hall–Kier alpha value is -0.340. The Labute approximate surface area is 94.1 Å². The van der Waals surface area contributed by atoms with Crippen LogP contribution in [0.1, 0.15) is 39.0 Å². The molecule has 0 aromatic carbocycles. The maximum atomic E-state index is 5.49. The van der Waals surface area contributed by atoms with Crippen LogP contribution in [0.5, 0.6) is 0 Å². The third-order valence-corrected chi connectivity index (χ3v) is 2.88. The second-order valence-corrected chi connectivity index (χ2v) is 4.32. The molecule has 1 aliphatic carbocycles. The number of hydrogen-bond donors (Lipinski definition) is 1. The van der Waals surface area contributed by atoms with Gasteiger partial charge in [0.15, 0.2) is 0 Å². The summed E-state index contributed by atoms with van der Waals surface area (Å²) in [5.41, 5.74) is 0. The average molecular weight is 211 g/mol. The molecule has 0 aromatic heterocycles. The highest BCUT2D eigenvalue weighted by atomic mass is 16.5. The fraction of sp³-hybridized carbons (Fsp3) is 0.846. The first-order chi connectivity index (χ1) is 7.43. The van der Waals surface area contributed by atoms with Crippen molar-refractivity contribution in [2.45, 2.75) is 39.0 Å². The number of ether oxygens (including phenoxy) is 1. The Morgan fingerprint density at radius 1 is 1.33 bits per heavy atom. The highest BCUT2D eigenvalue weighted by molar-refractivity contribution is 4.90. The molecule has 88 valence electrons. The predicted octanol–water partition coefficient (Wildman–Crippen LogP) is 2.75. The van der Waals surface area contributed by atoms with Crippen LogP contribution in [0.25, 0.3) is 0 Å². The van der Waals surface area contributed by atoms with Crippen LogP contribution >= 0.6 is 0 Å². The molecule has 1 atom stereocenters. The topological polar surface area (TPSA) is 21.3 Å². The molecule has 2 nitrogen and oxygen atoms in total. The fourth-order valence-electron chi connectivity index (χ4n) is 1.84. The number of unbranched alkanes of at least 4 members (excludes halogenated alkanes) is 1. The first-order valence-corrected chi connectivity index (χ1v) is 6.37. The van der Waals surface area contributed by atoms with Crippen molar-refractivity contribution in [1.29, 1.82) is 0 Å². The lowest BCUT2D eigenvalue weighted by Gasteiger charge is -2.18. The molecule has 0 spiro atoms. The molecular weight excluding hydrogens is 186 g/mol. The largest absolute Gasteiger partial charge is 0.380 e. The Bertz CT molecular complexity index is 168. The summed E-state index contributed by atoms with van der Waals surface area (Å²) in [5, 5.41) is 3.47. The molecule has 1 aliphatic rings. The lowest BCUT2D eigenvalue weighted by molar-refractivity contribution is 0.132. The van der Waals surface area contributed by atoms with Gasteiger partial charge in [0.2, 0.25) is 0 Å². The van der Waals surface area contributed by atoms with Crippen LogP contribution in [-0.4, -0.2) is 26.3 Å². The summed E-state index contributed by atoms with van der Waals surface area (Å²) in [4.78, 5) is 0. The van der Waals surface area contributed by atoms with Gasteiger partial charge in [-0.1, -0.05) is 25.5 Å². The molecular formula is C13H25NO. The molecule has 15 heavy (non-hydrogen) atoms. The van der Waals surface area contributed by atoms with E-state index in [1.54, 1.807) is 0 Å². The third kappa shape index (κ3) is 6.69. The van der Waals surface area contributed by atoms with Gasteiger partial charge in [0.05, 0.1) is 6.61 Å². The standard InChI is InChI=1S/C13H25NO/c1-2-3-10-15-11-9-14-12-13-7-5-4-6-8-13/h4-5,13-14H,2-3,6-12H2,1H3. The van der Waals surface area contributed by atoms with Gasteiger partial charge >= 0.3 is 0 Å². The van der Waals surface area contributed by atoms with Gasteiger partial charge in [-0.15, -0.1) is 0 Å². The molecule has 0 saturated carbocycles. The van der Waals surface area contributed by atoms with Gasteiger partial charge in [-0.05, 0) is 38.1 Å². The molecule has 0 bridgehead atoms. The van der Waals surface area contributed by atoms with E-state index >= 15 is 0 Å². The summed E-state index contributed by atoms with van der Waals surface area (Å²) in [7, 11) is 0. The first-order valence-electron chi connectivity index (χ1n) is 6.37. The highest BCUT2D eigenvalue weighted by Crippen LogP contribution is 2.16. The van der Waals surface area contributed by atoms with Crippen molar-refractivity contribution in [3.63, 3.8) is 0 Å². The number of nitrogens with one attached hydrogen (secondary N) is 1. The van der Waals surface area contributed by atoms with Gasteiger partial charge < -0.3 is 10.1 Å². The van der Waals surface area contributed by atoms with Gasteiger partial charge in [-0.2, -0.15) is 0 Å². The summed E-state index contributed by atoms with van der Waals surface area (Å²) >= 11 is 0. The van der Waals surface area contributed by atoms with Crippen molar-refractivity contribution in [3.8, 4) is 0 Å². The number of hydrogen-bond acceptors (Lipinski definition) is 2. The molecule has 0 saturated heterocycles. The minimum atomic E-state index is 0.852. The maximum Gasteiger partial charge on any atom is 0.0590 e. The zero-order valence-electron chi connectivity index (χ0n) is 10.0. The van der Waals surface area contributed by atoms with Crippen LogP contribution in [-0.2, 0) is 4.74 Å². The van der Waals surface area contributed by atoms with Gasteiger partial charge in [0, 0.05) is 13.2 Å². The van der Waals surface area contributed by atoms with Crippen molar-refractivity contribution >= 4 is 0 Å². The Kier molecular flexibility index (Phi) is 7.58. The van der Waals surface area contributed by atoms with Crippen LogP contribution in [0, 0.1) is 5.92 Å². The summed E-state index contributed by atoms with van der Waals surface area (Å²) in [6, 6.07) is 0. The van der Waals surface area contributed by atoms with E-state index < -0.39 is 0 Å². The van der Waals surface area contributed by atoms with Crippen LogP contribution < -0.4 is 5.32 Å². The molecule has 0 heterocycles. The zero-order chi connectivity index (χ0) is 10.8. The third-order valence-electron chi connectivity index (χ3n) is 2.88. The Morgan fingerprint density at radius 2 is 2.27 bits per heavy atom. The lowest BCUT2D eigenvalue weighted by atomic mass is 9.94. The highest BCUT2D eigenvalue weighted by Gasteiger charge is 2.08. The molecule has 1 unspecified atom stereocenters. The summed E-state index contributed by atoms with van der Waals surface area (Å²) in [5.74, 6) is 0.852. The fourth-order valence-corrected chi connectivity index (χ4v) is 1.84. The lowest BCUT2D eigenvalue weighted by Crippen LogP contribution is -2.26. The van der Waals surface area contributed by atoms with E-state index in [-0.39, 0.29) is 0 Å². The van der Waals surface area contributed by atoms with Gasteiger partial charge in [0.1, 0.15) is 0 Å². The van der Waals surface area contributed by atoms with Crippen LogP contribution in [0.3, 0.4) is 0 Å². The second kappa shape index (κ2) is 8.93. The molecule has 2 heteroatoms. The Morgan fingerprint density at radius 3 is 3.00 bits per heavy atom. The molecule has 0 amide bonds. The van der Waals surface area contributed by atoms with E-state index in [2.05, 4.69) is 24.4 Å². The van der Waals surface area contributed by atoms with Crippen molar-refractivity contribution in [2.75, 3.05) is 26.3 Å². The van der Waals surface area contributed by atoms with E-state index in [1.807, 2.05) is 0 Å². The first kappa shape index (κ1) is 12.7. The van der Waals surface area contributed by atoms with Crippen LogP contribution in [0.4, 0.5) is 0 Å². The monoisotopic (exact) mass is 211 g/mol. The quantitative estimate of drug-likeness (QED) is 0.492. The van der Waals surface area contributed by atoms with E-state index in [0.29, 0.717) is 0 Å². The van der Waals surface area contributed by atoms with Crippen molar-refractivity contribution in [1.82, 2.24) is 5.32 Å². The van der Waals surface area contributed by atoms with Crippen molar-refractivity contribution in [2.24, 2.45) is 5.92 Å². The average Bonchev–Trinajstić information content (AvgIpc) is 2.29. The van der Waals surface area contributed by atoms with Gasteiger partial charge in [-0.3, -0.25) is 0 Å². The number of allylic oxidation sites excluding steroid dienone is 2. The van der Waals surface area contributed by atoms with Crippen LogP contribution in [0.2, 0.25) is 0 Å². The van der Waals surface area contributed by atoms with Gasteiger partial charge in [0.25, 0.3) is 0 Å².